The molecule has 0 saturated carbocycles. The van der Waals surface area contributed by atoms with E-state index in [0.29, 0.717) is 12.3 Å². The van der Waals surface area contributed by atoms with Gasteiger partial charge >= 0.3 is 12.1 Å². The largest absolute Gasteiger partial charge is 0.460 e. The minimum Gasteiger partial charge on any atom is -0.460 e. The Kier molecular flexibility index (Phi) is 8.46. The van der Waals surface area contributed by atoms with Gasteiger partial charge in [-0.15, -0.1) is 0 Å². The number of esters is 1. The predicted octanol–water partition coefficient (Wildman–Crippen LogP) is 4.45. The Morgan fingerprint density at radius 3 is 2.36 bits per heavy atom. The maximum Gasteiger partial charge on any atom is 0.407 e. The van der Waals surface area contributed by atoms with Crippen LogP contribution in [0.5, 0.6) is 0 Å². The van der Waals surface area contributed by atoms with E-state index in [9.17, 15) is 9.59 Å². The molecular formula is C20H31NO4. The van der Waals surface area contributed by atoms with E-state index in [2.05, 4.69) is 19.2 Å². The van der Waals surface area contributed by atoms with E-state index in [1.807, 2.05) is 51.1 Å². The zero-order valence-electron chi connectivity index (χ0n) is 16.0. The first-order chi connectivity index (χ1) is 11.7. The molecular weight excluding hydrogens is 318 g/mol. The highest BCUT2D eigenvalue weighted by Gasteiger charge is 2.23. The Morgan fingerprint density at radius 2 is 1.80 bits per heavy atom. The summed E-state index contributed by atoms with van der Waals surface area (Å²) in [6, 6.07) is 9.19. The Hall–Kier alpha value is -2.04. The first-order valence-electron chi connectivity index (χ1n) is 8.88. The summed E-state index contributed by atoms with van der Waals surface area (Å²) < 4.78 is 10.6. The third-order valence-electron chi connectivity index (χ3n) is 3.75. The Morgan fingerprint density at radius 1 is 1.16 bits per heavy atom. The van der Waals surface area contributed by atoms with E-state index < -0.39 is 11.7 Å². The number of hydrogen-bond donors (Lipinski definition) is 1. The van der Waals surface area contributed by atoms with Crippen molar-refractivity contribution in [3.8, 4) is 0 Å². The molecule has 0 heterocycles. The van der Waals surface area contributed by atoms with Crippen LogP contribution in [0, 0.1) is 5.92 Å². The second-order valence-electron chi connectivity index (χ2n) is 7.44. The zero-order valence-corrected chi connectivity index (χ0v) is 16.0. The Labute approximate surface area is 151 Å². The summed E-state index contributed by atoms with van der Waals surface area (Å²) in [5, 5.41) is 2.81. The van der Waals surface area contributed by atoms with Crippen molar-refractivity contribution in [1.82, 2.24) is 5.32 Å². The van der Waals surface area contributed by atoms with Crippen LogP contribution in [0.3, 0.4) is 0 Å². The van der Waals surface area contributed by atoms with Gasteiger partial charge in [0.1, 0.15) is 12.2 Å². The summed E-state index contributed by atoms with van der Waals surface area (Å²) in [5.41, 5.74) is 0.384. The fourth-order valence-corrected chi connectivity index (χ4v) is 2.36. The number of benzene rings is 1. The first kappa shape index (κ1) is 21.0. The number of nitrogens with one attached hydrogen (secondary N) is 1. The van der Waals surface area contributed by atoms with Crippen molar-refractivity contribution in [1.29, 1.82) is 0 Å². The van der Waals surface area contributed by atoms with Gasteiger partial charge in [-0.2, -0.15) is 0 Å². The molecule has 140 valence electrons. The van der Waals surface area contributed by atoms with Crippen LogP contribution in [-0.2, 0) is 20.9 Å². The van der Waals surface area contributed by atoms with Crippen molar-refractivity contribution >= 4 is 12.1 Å². The van der Waals surface area contributed by atoms with Crippen LogP contribution < -0.4 is 5.32 Å². The lowest BCUT2D eigenvalue weighted by atomic mass is 9.97. The van der Waals surface area contributed by atoms with Crippen LogP contribution in [0.4, 0.5) is 4.79 Å². The van der Waals surface area contributed by atoms with E-state index in [-0.39, 0.29) is 25.0 Å². The van der Waals surface area contributed by atoms with E-state index in [4.69, 9.17) is 9.47 Å². The van der Waals surface area contributed by atoms with Crippen LogP contribution in [0.25, 0.3) is 0 Å². The maximum atomic E-state index is 12.1. The number of amides is 1. The molecule has 0 bridgehead atoms. The van der Waals surface area contributed by atoms with E-state index in [1.165, 1.54) is 0 Å². The summed E-state index contributed by atoms with van der Waals surface area (Å²) in [4.78, 5) is 24.2. The number of hydrogen-bond acceptors (Lipinski definition) is 4. The summed E-state index contributed by atoms with van der Waals surface area (Å²) >= 11 is 0. The predicted molar refractivity (Wildman–Crippen MR) is 98.1 cm³/mol. The number of alkyl carbamates (subject to hydrolysis) is 1. The Balaban J connectivity index is 2.56. The fourth-order valence-electron chi connectivity index (χ4n) is 2.36. The van der Waals surface area contributed by atoms with Gasteiger partial charge in [0.25, 0.3) is 0 Å². The van der Waals surface area contributed by atoms with Gasteiger partial charge in [0, 0.05) is 6.04 Å². The summed E-state index contributed by atoms with van der Waals surface area (Å²) in [7, 11) is 0. The molecule has 1 aromatic rings. The van der Waals surface area contributed by atoms with Crippen LogP contribution in [-0.4, -0.2) is 23.7 Å². The third kappa shape index (κ3) is 9.75. The van der Waals surface area contributed by atoms with Crippen LogP contribution >= 0.6 is 0 Å². The lowest BCUT2D eigenvalue weighted by Gasteiger charge is -2.24. The van der Waals surface area contributed by atoms with Crippen molar-refractivity contribution in [2.75, 3.05) is 0 Å². The number of ether oxygens (including phenoxy) is 2. The number of rotatable bonds is 8. The molecule has 0 fully saturated rings. The van der Waals surface area contributed by atoms with Crippen LogP contribution in [0.1, 0.15) is 59.4 Å². The normalized spacial score (nSPS) is 13.6. The van der Waals surface area contributed by atoms with Gasteiger partial charge in [0.15, 0.2) is 0 Å². The molecule has 0 radical (unpaired) electrons. The topological polar surface area (TPSA) is 64.6 Å². The standard InChI is InChI=1S/C20H31NO4/c1-6-15(2)12-17(13-18(22)25-20(3,4)5)21-19(23)24-14-16-10-8-7-9-11-16/h7-11,15,17H,6,12-14H2,1-5H3,(H,21,23)/t15?,17-/m0/s1. The van der Waals surface area contributed by atoms with E-state index in [0.717, 1.165) is 12.0 Å². The van der Waals surface area contributed by atoms with Crippen molar-refractivity contribution in [2.24, 2.45) is 5.92 Å². The van der Waals surface area contributed by atoms with Crippen molar-refractivity contribution < 1.29 is 19.1 Å². The highest BCUT2D eigenvalue weighted by Crippen LogP contribution is 2.15. The smallest absolute Gasteiger partial charge is 0.407 e. The molecule has 0 aromatic heterocycles. The fraction of sp³-hybridized carbons (Fsp3) is 0.600. The molecule has 1 rings (SSSR count). The van der Waals surface area contributed by atoms with Gasteiger partial charge in [-0.05, 0) is 38.7 Å². The number of carbonyl (C=O) groups is 2. The van der Waals surface area contributed by atoms with Gasteiger partial charge < -0.3 is 14.8 Å². The SMILES string of the molecule is CCC(C)C[C@@H](CC(=O)OC(C)(C)C)NC(=O)OCc1ccccc1. The quantitative estimate of drug-likeness (QED) is 0.704. The van der Waals surface area contributed by atoms with Gasteiger partial charge in [-0.25, -0.2) is 4.79 Å². The minimum atomic E-state index is -0.536. The summed E-state index contributed by atoms with van der Waals surface area (Å²) in [6.07, 6.45) is 1.31. The van der Waals surface area contributed by atoms with Gasteiger partial charge in [0.2, 0.25) is 0 Å². The molecule has 0 aliphatic rings. The zero-order chi connectivity index (χ0) is 18.9. The van der Waals surface area contributed by atoms with E-state index >= 15 is 0 Å². The molecule has 0 aliphatic carbocycles. The average Bonchev–Trinajstić information content (AvgIpc) is 2.51. The lowest BCUT2D eigenvalue weighted by Crippen LogP contribution is -2.39. The van der Waals surface area contributed by atoms with E-state index in [1.54, 1.807) is 0 Å². The second kappa shape index (κ2) is 10.1. The molecule has 2 atom stereocenters. The molecule has 0 spiro atoms. The first-order valence-corrected chi connectivity index (χ1v) is 8.88. The molecule has 0 saturated heterocycles. The maximum absolute atomic E-state index is 12.1. The van der Waals surface area contributed by atoms with Crippen molar-refractivity contribution in [3.05, 3.63) is 35.9 Å². The molecule has 1 unspecified atom stereocenters. The molecule has 5 heteroatoms. The summed E-state index contributed by atoms with van der Waals surface area (Å²) in [5.74, 6) is 0.0750. The van der Waals surface area contributed by atoms with Crippen molar-refractivity contribution in [3.63, 3.8) is 0 Å². The third-order valence-corrected chi connectivity index (χ3v) is 3.75. The van der Waals surface area contributed by atoms with Gasteiger partial charge in [-0.1, -0.05) is 50.6 Å². The number of carbonyl (C=O) groups excluding carboxylic acids is 2. The van der Waals surface area contributed by atoms with Gasteiger partial charge in [0.05, 0.1) is 6.42 Å². The molecule has 1 N–H and O–H groups in total. The highest BCUT2D eigenvalue weighted by molar-refractivity contribution is 5.73. The molecule has 1 aromatic carbocycles. The van der Waals surface area contributed by atoms with Crippen LogP contribution in [0.2, 0.25) is 0 Å². The highest BCUT2D eigenvalue weighted by atomic mass is 16.6. The monoisotopic (exact) mass is 349 g/mol. The van der Waals surface area contributed by atoms with Crippen LogP contribution in [0.15, 0.2) is 30.3 Å². The van der Waals surface area contributed by atoms with Gasteiger partial charge in [-0.3, -0.25) is 4.79 Å². The molecule has 25 heavy (non-hydrogen) atoms. The molecule has 5 nitrogen and oxygen atoms in total. The van der Waals surface area contributed by atoms with Crippen molar-refractivity contribution in [2.45, 2.75) is 72.1 Å². The average molecular weight is 349 g/mol. The molecule has 1 amide bonds. The molecule has 0 aliphatic heterocycles. The minimum absolute atomic E-state index is 0.141. The summed E-state index contributed by atoms with van der Waals surface area (Å²) in [6.45, 7) is 9.87. The lowest BCUT2D eigenvalue weighted by molar-refractivity contribution is -0.155. The second-order valence-corrected chi connectivity index (χ2v) is 7.44. The Bertz CT molecular complexity index is 536.